The highest BCUT2D eigenvalue weighted by Crippen LogP contribution is 2.17. The average molecular weight is 861 g/mol. The van der Waals surface area contributed by atoms with Gasteiger partial charge in [0.15, 0.2) is 6.10 Å². The molecule has 0 aliphatic heterocycles. The normalized spacial score (nSPS) is 12.0. The predicted molar refractivity (Wildman–Crippen MR) is 261 cm³/mol. The Kier molecular flexibility index (Phi) is 49.3. The summed E-state index contributed by atoms with van der Waals surface area (Å²) in [6, 6.07) is 0. The first-order valence-electron chi connectivity index (χ1n) is 27.2. The van der Waals surface area contributed by atoms with E-state index in [1.165, 1.54) is 199 Å². The minimum atomic E-state index is -0.766. The smallest absolute Gasteiger partial charge is 0.306 e. The Balaban J connectivity index is 4.30. The molecule has 6 nitrogen and oxygen atoms in total. The molecule has 0 saturated heterocycles. The van der Waals surface area contributed by atoms with Crippen LogP contribution in [0.15, 0.2) is 12.2 Å². The van der Waals surface area contributed by atoms with Crippen LogP contribution in [0.2, 0.25) is 0 Å². The Morgan fingerprint density at radius 1 is 0.311 bits per heavy atom. The lowest BCUT2D eigenvalue weighted by atomic mass is 10.0. The Bertz CT molecular complexity index is 947. The van der Waals surface area contributed by atoms with Crippen LogP contribution >= 0.6 is 0 Å². The van der Waals surface area contributed by atoms with Gasteiger partial charge in [-0.25, -0.2) is 0 Å². The van der Waals surface area contributed by atoms with Crippen LogP contribution in [0, 0.1) is 0 Å². The van der Waals surface area contributed by atoms with Crippen LogP contribution in [0.4, 0.5) is 0 Å². The number of hydrogen-bond acceptors (Lipinski definition) is 6. The molecule has 0 bridgehead atoms. The van der Waals surface area contributed by atoms with Gasteiger partial charge in [-0.1, -0.05) is 251 Å². The monoisotopic (exact) mass is 861 g/mol. The highest BCUT2D eigenvalue weighted by atomic mass is 16.6. The molecule has 61 heavy (non-hydrogen) atoms. The standard InChI is InChI=1S/C55H104O6/c1-4-7-10-13-16-19-22-25-27-28-29-31-33-36-39-42-45-48-54(57)60-51-52(50-59-53(56)47-44-41-38-35-32-24-21-18-15-12-9-6-3)61-55(58)49-46-43-40-37-34-30-26-23-20-17-14-11-8-5-2/h18,21,52H,4-17,19-20,22-51H2,1-3H3/b21-18-. The third-order valence-corrected chi connectivity index (χ3v) is 12.3. The van der Waals surface area contributed by atoms with Gasteiger partial charge in [0.05, 0.1) is 0 Å². The molecule has 0 aromatic carbocycles. The molecule has 1 unspecified atom stereocenters. The fourth-order valence-corrected chi connectivity index (χ4v) is 8.14. The van der Waals surface area contributed by atoms with Gasteiger partial charge in [-0.3, -0.25) is 14.4 Å². The Morgan fingerprint density at radius 2 is 0.541 bits per heavy atom. The maximum atomic E-state index is 12.8. The molecule has 0 saturated carbocycles. The Hall–Kier alpha value is -1.85. The number of carbonyl (C=O) groups is 3. The number of rotatable bonds is 50. The van der Waals surface area contributed by atoms with E-state index >= 15 is 0 Å². The lowest BCUT2D eigenvalue weighted by Crippen LogP contribution is -2.30. The van der Waals surface area contributed by atoms with E-state index in [2.05, 4.69) is 32.9 Å². The van der Waals surface area contributed by atoms with E-state index in [0.29, 0.717) is 19.3 Å². The second-order valence-corrected chi connectivity index (χ2v) is 18.5. The first-order valence-corrected chi connectivity index (χ1v) is 27.2. The zero-order chi connectivity index (χ0) is 44.4. The van der Waals surface area contributed by atoms with Crippen LogP contribution in [-0.4, -0.2) is 37.2 Å². The van der Waals surface area contributed by atoms with Gasteiger partial charge in [-0.15, -0.1) is 0 Å². The summed E-state index contributed by atoms with van der Waals surface area (Å²) in [6.45, 7) is 6.65. The van der Waals surface area contributed by atoms with Gasteiger partial charge in [-0.05, 0) is 44.9 Å². The average Bonchev–Trinajstić information content (AvgIpc) is 3.26. The summed E-state index contributed by atoms with van der Waals surface area (Å²) < 4.78 is 16.8. The summed E-state index contributed by atoms with van der Waals surface area (Å²) in [4.78, 5) is 38.0. The van der Waals surface area contributed by atoms with Crippen molar-refractivity contribution in [3.8, 4) is 0 Å². The topological polar surface area (TPSA) is 78.9 Å². The van der Waals surface area contributed by atoms with E-state index in [0.717, 1.165) is 64.2 Å². The van der Waals surface area contributed by atoms with Gasteiger partial charge < -0.3 is 14.2 Å². The van der Waals surface area contributed by atoms with E-state index in [1.54, 1.807) is 0 Å². The predicted octanol–water partition coefficient (Wildman–Crippen LogP) is 17.8. The molecular weight excluding hydrogens is 757 g/mol. The van der Waals surface area contributed by atoms with Crippen LogP contribution in [0.5, 0.6) is 0 Å². The Morgan fingerprint density at radius 3 is 0.852 bits per heavy atom. The highest BCUT2D eigenvalue weighted by Gasteiger charge is 2.19. The Labute approximate surface area is 380 Å². The molecule has 0 aliphatic rings. The fraction of sp³-hybridized carbons (Fsp3) is 0.909. The summed E-state index contributed by atoms with van der Waals surface area (Å²) in [5.41, 5.74) is 0. The number of allylic oxidation sites excluding steroid dienone is 2. The molecule has 0 amide bonds. The third-order valence-electron chi connectivity index (χ3n) is 12.3. The summed E-state index contributed by atoms with van der Waals surface area (Å²) >= 11 is 0. The maximum absolute atomic E-state index is 12.8. The minimum absolute atomic E-state index is 0.0669. The van der Waals surface area contributed by atoms with Crippen LogP contribution in [-0.2, 0) is 28.6 Å². The molecule has 0 aromatic heterocycles. The zero-order valence-corrected chi connectivity index (χ0v) is 41.2. The summed E-state index contributed by atoms with van der Waals surface area (Å²) in [6.07, 6.45) is 56.2. The molecule has 360 valence electrons. The number of unbranched alkanes of at least 4 members (excludes halogenated alkanes) is 37. The molecular formula is C55H104O6. The number of esters is 3. The second-order valence-electron chi connectivity index (χ2n) is 18.5. The van der Waals surface area contributed by atoms with Crippen molar-refractivity contribution in [3.63, 3.8) is 0 Å². The van der Waals surface area contributed by atoms with Gasteiger partial charge in [0, 0.05) is 19.3 Å². The zero-order valence-electron chi connectivity index (χ0n) is 41.2. The molecule has 0 fully saturated rings. The third kappa shape index (κ3) is 49.0. The van der Waals surface area contributed by atoms with Crippen molar-refractivity contribution in [2.75, 3.05) is 13.2 Å². The SMILES string of the molecule is CCCCC/C=C\CCCCCCCC(=O)OCC(COC(=O)CCCCCCCCCCCCCCCCCCC)OC(=O)CCCCCCCCCCCCCCCC. The molecule has 0 radical (unpaired) electrons. The van der Waals surface area contributed by atoms with E-state index in [4.69, 9.17) is 14.2 Å². The maximum Gasteiger partial charge on any atom is 0.306 e. The van der Waals surface area contributed by atoms with E-state index < -0.39 is 6.10 Å². The summed E-state index contributed by atoms with van der Waals surface area (Å²) in [5.74, 6) is -0.856. The molecule has 0 aromatic rings. The van der Waals surface area contributed by atoms with Gasteiger partial charge in [0.1, 0.15) is 13.2 Å². The molecule has 6 heteroatoms. The first-order chi connectivity index (χ1) is 30.0. The molecule has 1 atom stereocenters. The quantitative estimate of drug-likeness (QED) is 0.0262. The van der Waals surface area contributed by atoms with Crippen LogP contribution in [0.1, 0.15) is 303 Å². The van der Waals surface area contributed by atoms with Crippen molar-refractivity contribution in [2.24, 2.45) is 0 Å². The van der Waals surface area contributed by atoms with Gasteiger partial charge in [0.2, 0.25) is 0 Å². The van der Waals surface area contributed by atoms with Crippen LogP contribution in [0.25, 0.3) is 0 Å². The lowest BCUT2D eigenvalue weighted by Gasteiger charge is -2.18. The number of hydrogen-bond donors (Lipinski definition) is 0. The summed E-state index contributed by atoms with van der Waals surface area (Å²) in [7, 11) is 0. The molecule has 0 spiro atoms. The number of carbonyl (C=O) groups excluding carboxylic acids is 3. The largest absolute Gasteiger partial charge is 0.462 e. The van der Waals surface area contributed by atoms with Crippen molar-refractivity contribution in [3.05, 3.63) is 12.2 Å². The first kappa shape index (κ1) is 59.1. The van der Waals surface area contributed by atoms with Crippen LogP contribution in [0.3, 0.4) is 0 Å². The second kappa shape index (κ2) is 50.8. The van der Waals surface area contributed by atoms with Crippen LogP contribution < -0.4 is 0 Å². The number of ether oxygens (including phenoxy) is 3. The van der Waals surface area contributed by atoms with E-state index in [9.17, 15) is 14.4 Å². The molecule has 0 aliphatic carbocycles. The van der Waals surface area contributed by atoms with Crippen molar-refractivity contribution in [2.45, 2.75) is 309 Å². The van der Waals surface area contributed by atoms with Gasteiger partial charge in [0.25, 0.3) is 0 Å². The summed E-state index contributed by atoms with van der Waals surface area (Å²) in [5, 5.41) is 0. The van der Waals surface area contributed by atoms with Gasteiger partial charge in [-0.2, -0.15) is 0 Å². The van der Waals surface area contributed by atoms with Gasteiger partial charge >= 0.3 is 17.9 Å². The van der Waals surface area contributed by atoms with E-state index in [1.807, 2.05) is 0 Å². The van der Waals surface area contributed by atoms with Crippen molar-refractivity contribution >= 4 is 17.9 Å². The van der Waals surface area contributed by atoms with Crippen molar-refractivity contribution in [1.82, 2.24) is 0 Å². The minimum Gasteiger partial charge on any atom is -0.462 e. The lowest BCUT2D eigenvalue weighted by molar-refractivity contribution is -0.167. The van der Waals surface area contributed by atoms with Crippen molar-refractivity contribution in [1.29, 1.82) is 0 Å². The highest BCUT2D eigenvalue weighted by molar-refractivity contribution is 5.71. The van der Waals surface area contributed by atoms with E-state index in [-0.39, 0.29) is 31.1 Å². The molecule has 0 N–H and O–H groups in total. The molecule has 0 heterocycles. The molecule has 0 rings (SSSR count). The fourth-order valence-electron chi connectivity index (χ4n) is 8.14. The van der Waals surface area contributed by atoms with Crippen molar-refractivity contribution < 1.29 is 28.6 Å².